The first-order valence-electron chi connectivity index (χ1n) is 5.45. The Morgan fingerprint density at radius 2 is 2.33 bits per heavy atom. The van der Waals surface area contributed by atoms with Gasteiger partial charge >= 0.3 is 5.69 Å². The monoisotopic (exact) mass is 273 g/mol. The molecule has 0 N–H and O–H groups in total. The van der Waals surface area contributed by atoms with Crippen molar-refractivity contribution in [2.75, 3.05) is 5.33 Å². The molecule has 2 rings (SSSR count). The third-order valence-electron chi connectivity index (χ3n) is 2.78. The third-order valence-corrected chi connectivity index (χ3v) is 3.88. The van der Waals surface area contributed by atoms with Gasteiger partial charge in [-0.05, 0) is 18.8 Å². The normalized spacial score (nSPS) is 17.5. The number of alkyl halides is 1. The van der Waals surface area contributed by atoms with Crippen LogP contribution < -0.4 is 5.69 Å². The highest BCUT2D eigenvalue weighted by Crippen LogP contribution is 2.10. The number of halogens is 1. The van der Waals surface area contributed by atoms with Crippen LogP contribution in [-0.2, 0) is 19.5 Å². The van der Waals surface area contributed by atoms with E-state index in [-0.39, 0.29) is 5.69 Å². The van der Waals surface area contributed by atoms with Crippen molar-refractivity contribution in [2.45, 2.75) is 39.3 Å². The lowest BCUT2D eigenvalue weighted by molar-refractivity contribution is 0.471. The Kier molecular flexibility index (Phi) is 3.29. The van der Waals surface area contributed by atoms with Gasteiger partial charge in [-0.3, -0.25) is 4.57 Å². The Labute approximate surface area is 97.4 Å². The molecule has 0 bridgehead atoms. The minimum atomic E-state index is 0.0671. The number of hydrogen-bond acceptors (Lipinski definition) is 2. The van der Waals surface area contributed by atoms with Crippen LogP contribution in [0.1, 0.15) is 25.6 Å². The minimum Gasteiger partial charge on any atom is -0.279 e. The second kappa shape index (κ2) is 4.51. The zero-order valence-corrected chi connectivity index (χ0v) is 10.5. The molecule has 0 amide bonds. The molecule has 5 heteroatoms. The Hall–Kier alpha value is -0.580. The van der Waals surface area contributed by atoms with Crippen LogP contribution in [0.4, 0.5) is 0 Å². The molecular weight excluding hydrogens is 258 g/mol. The summed E-state index contributed by atoms with van der Waals surface area (Å²) < 4.78 is 3.44. The Bertz CT molecular complexity index is 396. The smallest absolute Gasteiger partial charge is 0.279 e. The molecule has 84 valence electrons. The molecule has 2 heterocycles. The molecule has 0 fully saturated rings. The van der Waals surface area contributed by atoms with Crippen LogP contribution in [0.2, 0.25) is 0 Å². The largest absolute Gasteiger partial charge is 0.345 e. The van der Waals surface area contributed by atoms with Crippen molar-refractivity contribution in [1.82, 2.24) is 14.3 Å². The van der Waals surface area contributed by atoms with Crippen LogP contribution in [0.25, 0.3) is 0 Å². The number of aryl methyl sites for hydroxylation is 1. The fourth-order valence-corrected chi connectivity index (χ4v) is 2.12. The average molecular weight is 274 g/mol. The van der Waals surface area contributed by atoms with E-state index in [1.165, 1.54) is 0 Å². The minimum absolute atomic E-state index is 0.0671. The predicted molar refractivity (Wildman–Crippen MR) is 62.4 cm³/mol. The number of nitrogens with zero attached hydrogens (tertiary/aromatic N) is 3. The lowest BCUT2D eigenvalue weighted by atomic mass is 10.2. The molecule has 0 spiro atoms. The van der Waals surface area contributed by atoms with E-state index in [4.69, 9.17) is 0 Å². The van der Waals surface area contributed by atoms with E-state index in [2.05, 4.69) is 28.0 Å². The summed E-state index contributed by atoms with van der Waals surface area (Å²) in [7, 11) is 0. The van der Waals surface area contributed by atoms with Gasteiger partial charge in [-0.2, -0.15) is 5.10 Å². The third kappa shape index (κ3) is 2.17. The first-order chi connectivity index (χ1) is 7.22. The number of hydrogen-bond donors (Lipinski definition) is 0. The van der Waals surface area contributed by atoms with Gasteiger partial charge in [0.25, 0.3) is 0 Å². The molecular formula is C10H16BrN3O. The van der Waals surface area contributed by atoms with Gasteiger partial charge in [0, 0.05) is 24.8 Å². The number of aromatic nitrogens is 3. The van der Waals surface area contributed by atoms with E-state index < -0.39 is 0 Å². The van der Waals surface area contributed by atoms with E-state index in [1.54, 1.807) is 4.68 Å². The predicted octanol–water partition coefficient (Wildman–Crippen LogP) is 1.41. The first-order valence-corrected chi connectivity index (χ1v) is 6.57. The summed E-state index contributed by atoms with van der Waals surface area (Å²) in [5.41, 5.74) is 0.0671. The SMILES string of the molecule is CC(CBr)Cn1nc2n(c1=O)CCCC2. The average Bonchev–Trinajstić information content (AvgIpc) is 2.57. The molecule has 1 unspecified atom stereocenters. The van der Waals surface area contributed by atoms with Crippen molar-refractivity contribution in [3.63, 3.8) is 0 Å². The molecule has 0 aliphatic carbocycles. The van der Waals surface area contributed by atoms with Gasteiger partial charge in [-0.15, -0.1) is 0 Å². The van der Waals surface area contributed by atoms with Crippen LogP contribution in [-0.4, -0.2) is 19.7 Å². The van der Waals surface area contributed by atoms with Gasteiger partial charge in [0.2, 0.25) is 0 Å². The first kappa shape index (κ1) is 10.9. The molecule has 0 aromatic carbocycles. The summed E-state index contributed by atoms with van der Waals surface area (Å²) >= 11 is 3.42. The van der Waals surface area contributed by atoms with Crippen LogP contribution in [0.5, 0.6) is 0 Å². The molecule has 0 saturated carbocycles. The Morgan fingerprint density at radius 3 is 3.00 bits per heavy atom. The highest BCUT2D eigenvalue weighted by Gasteiger charge is 2.17. The van der Waals surface area contributed by atoms with Crippen LogP contribution in [0, 0.1) is 5.92 Å². The van der Waals surface area contributed by atoms with Crippen molar-refractivity contribution in [2.24, 2.45) is 5.92 Å². The van der Waals surface area contributed by atoms with Crippen molar-refractivity contribution in [3.05, 3.63) is 16.3 Å². The van der Waals surface area contributed by atoms with Gasteiger partial charge in [0.1, 0.15) is 5.82 Å². The van der Waals surface area contributed by atoms with E-state index >= 15 is 0 Å². The molecule has 4 nitrogen and oxygen atoms in total. The molecule has 1 atom stereocenters. The van der Waals surface area contributed by atoms with Crippen molar-refractivity contribution >= 4 is 15.9 Å². The maximum atomic E-state index is 11.9. The number of fused-ring (bicyclic) bond motifs is 1. The van der Waals surface area contributed by atoms with Gasteiger partial charge in [0.05, 0.1) is 0 Å². The van der Waals surface area contributed by atoms with E-state index in [9.17, 15) is 4.79 Å². The lowest BCUT2D eigenvalue weighted by Crippen LogP contribution is -2.28. The summed E-state index contributed by atoms with van der Waals surface area (Å²) in [4.78, 5) is 11.9. The second-order valence-corrected chi connectivity index (χ2v) is 4.90. The van der Waals surface area contributed by atoms with Crippen LogP contribution >= 0.6 is 15.9 Å². The Morgan fingerprint density at radius 1 is 1.53 bits per heavy atom. The topological polar surface area (TPSA) is 39.8 Å². The van der Waals surface area contributed by atoms with E-state index in [0.29, 0.717) is 12.5 Å². The molecule has 1 aliphatic rings. The summed E-state index contributed by atoms with van der Waals surface area (Å²) in [6, 6.07) is 0. The molecule has 1 aliphatic heterocycles. The molecule has 1 aromatic heterocycles. The summed E-state index contributed by atoms with van der Waals surface area (Å²) in [5, 5.41) is 5.29. The molecule has 0 saturated heterocycles. The maximum absolute atomic E-state index is 11.9. The summed E-state index contributed by atoms with van der Waals surface area (Å²) in [5.74, 6) is 1.41. The highest BCUT2D eigenvalue weighted by atomic mass is 79.9. The summed E-state index contributed by atoms with van der Waals surface area (Å²) in [6.07, 6.45) is 3.21. The zero-order valence-electron chi connectivity index (χ0n) is 8.95. The van der Waals surface area contributed by atoms with Crippen molar-refractivity contribution < 1.29 is 0 Å². The van der Waals surface area contributed by atoms with Crippen molar-refractivity contribution in [1.29, 1.82) is 0 Å². The quantitative estimate of drug-likeness (QED) is 0.782. The standard InChI is InChI=1S/C10H16BrN3O/c1-8(6-11)7-14-10(15)13-5-3-2-4-9(13)12-14/h8H,2-7H2,1H3. The van der Waals surface area contributed by atoms with Gasteiger partial charge in [0.15, 0.2) is 0 Å². The van der Waals surface area contributed by atoms with Gasteiger partial charge < -0.3 is 0 Å². The Balaban J connectivity index is 2.25. The van der Waals surface area contributed by atoms with Crippen molar-refractivity contribution in [3.8, 4) is 0 Å². The number of rotatable bonds is 3. The molecule has 1 aromatic rings. The second-order valence-electron chi connectivity index (χ2n) is 4.25. The molecule has 0 radical (unpaired) electrons. The lowest BCUT2D eigenvalue weighted by Gasteiger charge is -2.09. The van der Waals surface area contributed by atoms with Gasteiger partial charge in [-0.25, -0.2) is 9.48 Å². The van der Waals surface area contributed by atoms with Crippen LogP contribution in [0.3, 0.4) is 0 Å². The summed E-state index contributed by atoms with van der Waals surface area (Å²) in [6.45, 7) is 3.67. The van der Waals surface area contributed by atoms with Crippen LogP contribution in [0.15, 0.2) is 4.79 Å². The maximum Gasteiger partial charge on any atom is 0.345 e. The fraction of sp³-hybridized carbons (Fsp3) is 0.800. The fourth-order valence-electron chi connectivity index (χ4n) is 1.91. The highest BCUT2D eigenvalue weighted by molar-refractivity contribution is 9.09. The van der Waals surface area contributed by atoms with E-state index in [1.807, 2.05) is 4.57 Å². The molecule has 15 heavy (non-hydrogen) atoms. The van der Waals surface area contributed by atoms with Gasteiger partial charge in [-0.1, -0.05) is 22.9 Å². The van der Waals surface area contributed by atoms with E-state index in [0.717, 1.165) is 37.0 Å². The zero-order chi connectivity index (χ0) is 10.8.